The summed E-state index contributed by atoms with van der Waals surface area (Å²) in [4.78, 5) is 24.9. The van der Waals surface area contributed by atoms with E-state index in [0.717, 1.165) is 30.7 Å². The number of ether oxygens (including phenoxy) is 4. The minimum absolute atomic E-state index is 0.0518. The summed E-state index contributed by atoms with van der Waals surface area (Å²) in [7, 11) is 3.13. The SMILES string of the molecule is CC(=O)c1c(C)c(O)c2cc(C(=O)O)cc(O[C@@H]3O[C@H](CO)[C@]4(CC[C@@H]5C[C@]6(CC[C@@]7(CCCC78CCCC8)C6)C[C@H]6COC[C@@](CCO)(CSSCO4)[C@@H]56)[C@H](O)[C@H]3O)c2c1O. The first kappa shape index (κ1) is 44.8. The van der Waals surface area contributed by atoms with E-state index in [1.807, 2.05) is 0 Å². The van der Waals surface area contributed by atoms with Gasteiger partial charge in [0.2, 0.25) is 6.29 Å². The zero-order valence-corrected chi connectivity index (χ0v) is 37.6. The Morgan fingerprint density at radius 1 is 0.919 bits per heavy atom. The Kier molecular flexibility index (Phi) is 12.2. The van der Waals surface area contributed by atoms with E-state index in [1.54, 1.807) is 10.8 Å². The molecule has 4 spiro atoms. The van der Waals surface area contributed by atoms with Crippen LogP contribution < -0.4 is 4.74 Å². The van der Waals surface area contributed by atoms with Gasteiger partial charge in [-0.2, -0.15) is 0 Å². The molecule has 0 unspecified atom stereocenters. The van der Waals surface area contributed by atoms with Gasteiger partial charge in [0.05, 0.1) is 29.7 Å². The van der Waals surface area contributed by atoms with Crippen LogP contribution in [0, 0.1) is 46.3 Å². The Morgan fingerprint density at radius 3 is 2.39 bits per heavy atom. The van der Waals surface area contributed by atoms with Crippen molar-refractivity contribution in [2.45, 2.75) is 140 Å². The standard InChI is InChI=1S/C47H64O13S2/c1-26-34(27(2)50)38(52)35-31(37(26)51)16-29(41(55)56)17-32(35)59-42-39(53)40(54)47(33(20-49)60-42)11-6-28-18-43(12-13-46(22-43)10-5-9-45(46)7-3-4-8-45)19-30-21-57-23-44(14-15-48,36(28)30)24-61-62-25-58-47/h16-17,28,30,33,36,39-40,42,48-49,51-54H,3-15,18-25H2,1-2H3,(H,55,56)/t28-,30+,33-,36+,39-,40-,42-,43-,44+,46+,47-/m1/s1. The summed E-state index contributed by atoms with van der Waals surface area (Å²) in [5.41, 5.74) is -1.24. The molecule has 4 aliphatic carbocycles. The number of benzene rings is 2. The van der Waals surface area contributed by atoms with Gasteiger partial charge in [-0.3, -0.25) is 4.79 Å². The number of phenolic OH excluding ortho intramolecular Hbond substituents is 2. The Hall–Kier alpha value is -2.34. The van der Waals surface area contributed by atoms with E-state index in [4.69, 9.17) is 18.9 Å². The van der Waals surface area contributed by atoms with Crippen LogP contribution in [0.15, 0.2) is 12.1 Å². The van der Waals surface area contributed by atoms with Gasteiger partial charge in [-0.1, -0.05) is 40.9 Å². The lowest BCUT2D eigenvalue weighted by molar-refractivity contribution is -0.323. The number of phenols is 2. The van der Waals surface area contributed by atoms with Crippen LogP contribution in [-0.4, -0.2) is 116 Å². The van der Waals surface area contributed by atoms with Crippen molar-refractivity contribution >= 4 is 44.1 Å². The molecule has 342 valence electrons. The molecule has 2 aromatic carbocycles. The summed E-state index contributed by atoms with van der Waals surface area (Å²) in [6, 6.07) is 2.25. The summed E-state index contributed by atoms with van der Waals surface area (Å²) in [5, 5.41) is 78.3. The molecular formula is C47H64O13S2. The Balaban J connectivity index is 1.05. The molecule has 0 aromatic heterocycles. The molecule has 7 N–H and O–H groups in total. The van der Waals surface area contributed by atoms with Crippen LogP contribution in [0.25, 0.3) is 10.8 Å². The molecule has 3 saturated heterocycles. The molecule has 3 heterocycles. The van der Waals surface area contributed by atoms with Crippen molar-refractivity contribution < 1.29 is 64.3 Å². The van der Waals surface area contributed by atoms with E-state index in [1.165, 1.54) is 88.8 Å². The highest BCUT2D eigenvalue weighted by Gasteiger charge is 2.65. The van der Waals surface area contributed by atoms with Gasteiger partial charge < -0.3 is 54.7 Å². The van der Waals surface area contributed by atoms with Crippen LogP contribution >= 0.6 is 21.6 Å². The zero-order chi connectivity index (χ0) is 43.8. The van der Waals surface area contributed by atoms with E-state index in [0.29, 0.717) is 42.8 Å². The highest BCUT2D eigenvalue weighted by atomic mass is 33.1. The lowest BCUT2D eigenvalue weighted by Gasteiger charge is -2.58. The van der Waals surface area contributed by atoms with Gasteiger partial charge in [0, 0.05) is 35.3 Å². The van der Waals surface area contributed by atoms with Crippen molar-refractivity contribution in [1.29, 1.82) is 0 Å². The van der Waals surface area contributed by atoms with E-state index < -0.39 is 60.1 Å². The van der Waals surface area contributed by atoms with Crippen LogP contribution in [0.2, 0.25) is 0 Å². The second-order valence-corrected chi connectivity index (χ2v) is 22.8. The van der Waals surface area contributed by atoms with Gasteiger partial charge in [0.15, 0.2) is 5.78 Å². The maximum absolute atomic E-state index is 12.6. The normalized spacial score (nSPS) is 39.4. The number of Topliss-reactive ketones (excluding diaryl/α,β-unsaturated/α-hetero) is 1. The molecule has 0 amide bonds. The van der Waals surface area contributed by atoms with Crippen LogP contribution in [0.3, 0.4) is 0 Å². The number of rotatable bonds is 7. The third-order valence-electron chi connectivity index (χ3n) is 17.5. The zero-order valence-electron chi connectivity index (χ0n) is 35.9. The number of ketones is 1. The first-order valence-electron chi connectivity index (χ1n) is 22.8. The number of aliphatic hydroxyl groups excluding tert-OH is 4. The van der Waals surface area contributed by atoms with E-state index in [2.05, 4.69) is 0 Å². The molecule has 9 rings (SSSR count). The lowest BCUT2D eigenvalue weighted by Crippen LogP contribution is -2.69. The number of carboxylic acids is 1. The fraction of sp³-hybridized carbons (Fsp3) is 0.745. The number of aromatic hydroxyl groups is 2. The number of hydrogen-bond acceptors (Lipinski definition) is 14. The smallest absolute Gasteiger partial charge is 0.335 e. The van der Waals surface area contributed by atoms with Crippen molar-refractivity contribution in [1.82, 2.24) is 0 Å². The molecule has 7 aliphatic rings. The predicted molar refractivity (Wildman–Crippen MR) is 233 cm³/mol. The molecule has 0 radical (unpaired) electrons. The number of carbonyl (C=O) groups is 2. The quantitative estimate of drug-likeness (QED) is 0.0839. The highest BCUT2D eigenvalue weighted by Crippen LogP contribution is 2.74. The van der Waals surface area contributed by atoms with Gasteiger partial charge >= 0.3 is 5.97 Å². The van der Waals surface area contributed by atoms with Gasteiger partial charge in [-0.05, 0) is 137 Å². The minimum Gasteiger partial charge on any atom is -0.507 e. The third-order valence-corrected chi connectivity index (χ3v) is 19.7. The summed E-state index contributed by atoms with van der Waals surface area (Å²) in [5.74, 6) is -1.56. The molecule has 11 atom stereocenters. The second kappa shape index (κ2) is 16.8. The lowest BCUT2D eigenvalue weighted by atomic mass is 9.50. The molecule has 7 fully saturated rings. The van der Waals surface area contributed by atoms with Crippen LogP contribution in [0.4, 0.5) is 0 Å². The van der Waals surface area contributed by atoms with E-state index in [-0.39, 0.29) is 74.8 Å². The monoisotopic (exact) mass is 900 g/mol. The topological polar surface area (TPSA) is 213 Å². The Labute approximate surface area is 371 Å². The first-order chi connectivity index (χ1) is 29.7. The van der Waals surface area contributed by atoms with Crippen LogP contribution in [0.5, 0.6) is 17.2 Å². The molecule has 4 saturated carbocycles. The van der Waals surface area contributed by atoms with Gasteiger partial charge in [0.25, 0.3) is 0 Å². The number of hydrogen-bond donors (Lipinski definition) is 7. The molecule has 2 aromatic rings. The predicted octanol–water partition coefficient (Wildman–Crippen LogP) is 7.11. The van der Waals surface area contributed by atoms with Gasteiger partial charge in [-0.15, -0.1) is 0 Å². The average molecular weight is 901 g/mol. The minimum atomic E-state index is -1.78. The van der Waals surface area contributed by atoms with Crippen LogP contribution in [-0.2, 0) is 14.2 Å². The highest BCUT2D eigenvalue weighted by molar-refractivity contribution is 8.76. The summed E-state index contributed by atoms with van der Waals surface area (Å²) in [6.07, 6.45) is 10.5. The van der Waals surface area contributed by atoms with E-state index >= 15 is 0 Å². The molecule has 3 aliphatic heterocycles. The largest absolute Gasteiger partial charge is 0.507 e. The Morgan fingerprint density at radius 2 is 1.66 bits per heavy atom. The van der Waals surface area contributed by atoms with Gasteiger partial charge in [-0.25, -0.2) is 4.79 Å². The Bertz CT molecular complexity index is 2050. The van der Waals surface area contributed by atoms with Crippen molar-refractivity contribution in [2.75, 3.05) is 38.1 Å². The van der Waals surface area contributed by atoms with Crippen molar-refractivity contribution in [2.24, 2.45) is 39.4 Å². The van der Waals surface area contributed by atoms with Gasteiger partial charge in [0.1, 0.15) is 47.1 Å². The fourth-order valence-electron chi connectivity index (χ4n) is 15.0. The van der Waals surface area contributed by atoms with E-state index in [9.17, 15) is 45.3 Å². The number of carbonyl (C=O) groups excluding carboxylic acids is 1. The summed E-state index contributed by atoms with van der Waals surface area (Å²) < 4.78 is 25.7. The van der Waals surface area contributed by atoms with Crippen molar-refractivity contribution in [3.05, 3.63) is 28.8 Å². The van der Waals surface area contributed by atoms with Crippen LogP contribution in [0.1, 0.15) is 130 Å². The molecule has 13 nitrogen and oxygen atoms in total. The first-order valence-corrected chi connectivity index (χ1v) is 25.3. The number of aromatic carboxylic acids is 1. The number of carboxylic acid groups (broad SMARTS) is 1. The van der Waals surface area contributed by atoms with Crippen molar-refractivity contribution in [3.8, 4) is 17.2 Å². The van der Waals surface area contributed by atoms with Crippen molar-refractivity contribution in [3.63, 3.8) is 0 Å². The molecular weight excluding hydrogens is 837 g/mol. The maximum atomic E-state index is 12.6. The number of aliphatic hydroxyl groups is 4. The summed E-state index contributed by atoms with van der Waals surface area (Å²) in [6.45, 7) is 3.37. The molecule has 15 heteroatoms. The summed E-state index contributed by atoms with van der Waals surface area (Å²) >= 11 is 0. The maximum Gasteiger partial charge on any atom is 0.335 e. The second-order valence-electron chi connectivity index (χ2n) is 20.4. The fourth-order valence-corrected chi connectivity index (χ4v) is 17.4. The number of fused-ring (bicyclic) bond motifs is 2. The molecule has 0 bridgehead atoms. The third kappa shape index (κ3) is 7.08. The average Bonchev–Trinajstić information content (AvgIpc) is 3.96. The molecule has 62 heavy (non-hydrogen) atoms.